The van der Waals surface area contributed by atoms with Gasteiger partial charge in [0.25, 0.3) is 50.6 Å². The molecule has 0 heterocycles. The second kappa shape index (κ2) is 20.2. The van der Waals surface area contributed by atoms with E-state index in [1.54, 1.807) is 30.3 Å². The summed E-state index contributed by atoms with van der Waals surface area (Å²) in [7, 11) is -24.9. The van der Waals surface area contributed by atoms with E-state index in [2.05, 4.69) is 40.9 Å². The van der Waals surface area contributed by atoms with Gasteiger partial charge in [-0.1, -0.05) is 42.5 Å². The molecule has 0 unspecified atom stereocenters. The Kier molecular flexibility index (Phi) is 13.8. The third kappa shape index (κ3) is 10.9. The summed E-state index contributed by atoms with van der Waals surface area (Å²) in [5.41, 5.74) is -0.429. The first-order valence-corrected chi connectivity index (χ1v) is 29.7. The van der Waals surface area contributed by atoms with E-state index in [1.807, 2.05) is 0 Å². The number of azo groups is 4. The van der Waals surface area contributed by atoms with E-state index < -0.39 is 103 Å². The third-order valence-corrected chi connectivity index (χ3v) is 16.7. The van der Waals surface area contributed by atoms with Crippen molar-refractivity contribution in [2.45, 2.75) is 24.5 Å². The van der Waals surface area contributed by atoms with E-state index in [0.717, 1.165) is 42.5 Å². The molecule has 0 radical (unpaired) electrons. The molecule has 0 fully saturated rings. The number of aromatic hydroxyl groups is 3. The third-order valence-electron chi connectivity index (χ3n) is 12.4. The Labute approximate surface area is 455 Å². The van der Waals surface area contributed by atoms with Gasteiger partial charge in [0.2, 0.25) is 0 Å². The van der Waals surface area contributed by atoms with E-state index in [-0.39, 0.29) is 66.8 Å². The maximum Gasteiger partial charge on any atom is 0.298 e. The van der Waals surface area contributed by atoms with Gasteiger partial charge >= 0.3 is 0 Å². The molecule has 0 aliphatic rings. The first kappa shape index (κ1) is 55.2. The molecule has 8 N–H and O–H groups in total. The Bertz CT molecular complexity index is 5130. The number of phenols is 3. The molecule has 410 valence electrons. The maximum atomic E-state index is 12.4. The average molecular weight is 1190 g/mol. The van der Waals surface area contributed by atoms with Gasteiger partial charge in [-0.05, 0) is 109 Å². The molecule has 10 rings (SSSR count). The first-order valence-electron chi connectivity index (χ1n) is 22.5. The molecule has 0 aromatic heterocycles. The van der Waals surface area contributed by atoms with E-state index in [4.69, 9.17) is 0 Å². The standard InChI is InChI=1S/C50H32N8O18S5/c59-44-6-2-4-25-3-1-5-42(47(25)44)57-53-38-16-18-40(34-22-27(78(65,66)67)9-12-31(34)38)55-51-36-14-17-39(33-21-26(77(62,63)64)7-10-29(33)36)54-52-37-15-19-41(35-23-28(79(68,69)70)8-11-30(35)37)56-58-43-24-46(81(74,75)76)49(60)32-13-20-45(80(71,72)73)50(61)48(32)43/h1-24,59-61H,(H,62,63,64)(H,65,66,67)(H,68,69,70)(H,71,72,73)(H,74,75,76). The smallest absolute Gasteiger partial charge is 0.298 e. The predicted octanol–water partition coefficient (Wildman–Crippen LogP) is 12.5. The fourth-order valence-corrected chi connectivity index (χ4v) is 11.3. The van der Waals surface area contributed by atoms with Crippen LogP contribution in [0.2, 0.25) is 0 Å². The predicted molar refractivity (Wildman–Crippen MR) is 291 cm³/mol. The minimum atomic E-state index is -5.25. The summed E-state index contributed by atoms with van der Waals surface area (Å²) in [6, 6.07) is 30.3. The van der Waals surface area contributed by atoms with Gasteiger partial charge in [-0.2, -0.15) is 42.1 Å². The molecule has 10 aromatic carbocycles. The van der Waals surface area contributed by atoms with E-state index in [0.29, 0.717) is 34.0 Å². The van der Waals surface area contributed by atoms with Gasteiger partial charge in [-0.15, -0.1) is 40.9 Å². The Morgan fingerprint density at radius 3 is 1.00 bits per heavy atom. The van der Waals surface area contributed by atoms with E-state index in [1.165, 1.54) is 60.7 Å². The Balaban J connectivity index is 1.07. The molecular weight excluding hydrogens is 1160 g/mol. The van der Waals surface area contributed by atoms with Gasteiger partial charge in [-0.25, -0.2) is 0 Å². The highest BCUT2D eigenvalue weighted by atomic mass is 32.2. The number of hydrogen-bond donors (Lipinski definition) is 8. The summed E-state index contributed by atoms with van der Waals surface area (Å²) < 4.78 is 173. The van der Waals surface area contributed by atoms with Crippen molar-refractivity contribution in [2.75, 3.05) is 0 Å². The fourth-order valence-electron chi connectivity index (χ4n) is 8.62. The van der Waals surface area contributed by atoms with Crippen LogP contribution in [0.1, 0.15) is 0 Å². The van der Waals surface area contributed by atoms with Crippen LogP contribution in [0, 0.1) is 0 Å². The zero-order valence-electron chi connectivity index (χ0n) is 40.1. The van der Waals surface area contributed by atoms with Crippen molar-refractivity contribution in [2.24, 2.45) is 40.9 Å². The minimum absolute atomic E-state index is 0.00764. The summed E-state index contributed by atoms with van der Waals surface area (Å²) in [5.74, 6) is -2.42. The van der Waals surface area contributed by atoms with Crippen LogP contribution in [0.4, 0.5) is 45.5 Å². The summed E-state index contributed by atoms with van der Waals surface area (Å²) in [6.07, 6.45) is 0. The summed E-state index contributed by atoms with van der Waals surface area (Å²) >= 11 is 0. The second-order valence-electron chi connectivity index (χ2n) is 17.3. The van der Waals surface area contributed by atoms with Crippen molar-refractivity contribution in [3.8, 4) is 17.2 Å². The minimum Gasteiger partial charge on any atom is -0.507 e. The molecule has 0 aliphatic heterocycles. The molecule has 0 amide bonds. The molecule has 0 saturated heterocycles. The summed E-state index contributed by atoms with van der Waals surface area (Å²) in [5, 5.41) is 66.8. The van der Waals surface area contributed by atoms with Crippen LogP contribution in [0.25, 0.3) is 53.9 Å². The van der Waals surface area contributed by atoms with Gasteiger partial charge in [-0.3, -0.25) is 22.8 Å². The van der Waals surface area contributed by atoms with Crippen LogP contribution in [-0.2, 0) is 50.6 Å². The average Bonchev–Trinajstić information content (AvgIpc) is 3.61. The van der Waals surface area contributed by atoms with E-state index >= 15 is 0 Å². The summed E-state index contributed by atoms with van der Waals surface area (Å²) in [6.45, 7) is 0. The molecule has 31 heteroatoms. The first-order chi connectivity index (χ1) is 38.1. The number of hydrogen-bond acceptors (Lipinski definition) is 21. The summed E-state index contributed by atoms with van der Waals surface area (Å²) in [4.78, 5) is -4.02. The van der Waals surface area contributed by atoms with Gasteiger partial charge in [0, 0.05) is 37.7 Å². The molecule has 0 aliphatic carbocycles. The number of nitrogens with zero attached hydrogens (tertiary/aromatic N) is 8. The van der Waals surface area contributed by atoms with Crippen molar-refractivity contribution in [1.82, 2.24) is 0 Å². The topological polar surface area (TPSA) is 431 Å². The fraction of sp³-hybridized carbons (Fsp3) is 0. The highest BCUT2D eigenvalue weighted by Gasteiger charge is 2.27. The van der Waals surface area contributed by atoms with Gasteiger partial charge in [0.05, 0.1) is 71.0 Å². The lowest BCUT2D eigenvalue weighted by Gasteiger charge is -2.12. The Morgan fingerprint density at radius 1 is 0.272 bits per heavy atom. The van der Waals surface area contributed by atoms with Crippen molar-refractivity contribution < 1.29 is 80.2 Å². The maximum absolute atomic E-state index is 12.4. The van der Waals surface area contributed by atoms with E-state index in [9.17, 15) is 80.2 Å². The van der Waals surface area contributed by atoms with Gasteiger partial charge in [0.15, 0.2) is 0 Å². The van der Waals surface area contributed by atoms with Crippen molar-refractivity contribution in [3.05, 3.63) is 146 Å². The zero-order valence-corrected chi connectivity index (χ0v) is 44.2. The number of phenolic OH excluding ortho intramolecular Hbond substituents is 3. The second-order valence-corrected chi connectivity index (χ2v) is 24.4. The molecule has 0 atom stereocenters. The lowest BCUT2D eigenvalue weighted by molar-refractivity contribution is 0.441. The quantitative estimate of drug-likeness (QED) is 0.0392. The van der Waals surface area contributed by atoms with Gasteiger partial charge < -0.3 is 15.3 Å². The van der Waals surface area contributed by atoms with Crippen LogP contribution in [0.3, 0.4) is 0 Å². The largest absolute Gasteiger partial charge is 0.507 e. The Morgan fingerprint density at radius 2 is 0.617 bits per heavy atom. The van der Waals surface area contributed by atoms with Crippen LogP contribution in [-0.4, -0.2) is 80.2 Å². The molecule has 0 saturated carbocycles. The van der Waals surface area contributed by atoms with Crippen LogP contribution in [0.5, 0.6) is 17.2 Å². The van der Waals surface area contributed by atoms with Crippen LogP contribution >= 0.6 is 0 Å². The molecule has 81 heavy (non-hydrogen) atoms. The van der Waals surface area contributed by atoms with Crippen molar-refractivity contribution in [3.63, 3.8) is 0 Å². The molecular formula is C50H32N8O18S5. The molecule has 26 nitrogen and oxygen atoms in total. The van der Waals surface area contributed by atoms with Gasteiger partial charge in [0.1, 0.15) is 27.0 Å². The number of benzene rings is 10. The highest BCUT2D eigenvalue weighted by molar-refractivity contribution is 7.87. The monoisotopic (exact) mass is 1190 g/mol. The highest BCUT2D eigenvalue weighted by Crippen LogP contribution is 2.47. The van der Waals surface area contributed by atoms with Crippen molar-refractivity contribution in [1.29, 1.82) is 0 Å². The number of fused-ring (bicyclic) bond motifs is 5. The zero-order chi connectivity index (χ0) is 58.1. The Hall–Kier alpha value is -9.15. The van der Waals surface area contributed by atoms with Crippen molar-refractivity contribution >= 4 is 150 Å². The lowest BCUT2D eigenvalue weighted by Crippen LogP contribution is -2.01. The lowest BCUT2D eigenvalue weighted by atomic mass is 10.1. The normalized spacial score (nSPS) is 13.2. The molecule has 0 spiro atoms. The molecule has 0 bridgehead atoms. The number of rotatable bonds is 13. The SMILES string of the molecule is O=S(=O)(O)c1ccc2c(N=Nc3ccc(N=Nc4cccc5cccc(O)c45)c4ccc(S(=O)(=O)O)cc34)ccc(N=Nc3ccc(N=Nc4cc(S(=O)(=O)O)c(O)c5ccc(S(=O)(=O)O)c(O)c45)c4cc(S(=O)(=O)O)ccc34)c2c1. The van der Waals surface area contributed by atoms with Crippen LogP contribution in [0.15, 0.2) is 211 Å². The van der Waals surface area contributed by atoms with Crippen LogP contribution < -0.4 is 0 Å². The molecule has 10 aromatic rings.